The molecule has 4 rings (SSSR count). The number of aromatic nitrogens is 2. The van der Waals surface area contributed by atoms with Gasteiger partial charge in [-0.15, -0.1) is 0 Å². The van der Waals surface area contributed by atoms with Crippen molar-refractivity contribution >= 4 is 58.1 Å². The fourth-order valence-corrected chi connectivity index (χ4v) is 3.82. The standard InChI is InChI=1S/C23H18Cl2N4O2S/c24-18-9-8-16(11-19(18)25)13-31-17-5-3-4-15(10-17)12-26-29-22(30)14-32-23-27-20-6-1-2-7-21(20)28-23/h1-12H,13-14H2,(H,27,28)(H,29,30)/b26-12+. The number of benzene rings is 3. The van der Waals surface area contributed by atoms with Crippen LogP contribution in [0, 0.1) is 0 Å². The fraction of sp³-hybridized carbons (Fsp3) is 0.0870. The molecule has 0 fully saturated rings. The number of rotatable bonds is 8. The van der Waals surface area contributed by atoms with Crippen molar-refractivity contribution in [2.24, 2.45) is 5.10 Å². The normalized spacial score (nSPS) is 11.2. The Balaban J connectivity index is 1.26. The smallest absolute Gasteiger partial charge is 0.250 e. The van der Waals surface area contributed by atoms with Gasteiger partial charge in [0.25, 0.3) is 5.91 Å². The molecule has 1 aromatic heterocycles. The van der Waals surface area contributed by atoms with Gasteiger partial charge in [0, 0.05) is 0 Å². The molecule has 32 heavy (non-hydrogen) atoms. The van der Waals surface area contributed by atoms with Crippen LogP contribution in [0.2, 0.25) is 10.0 Å². The monoisotopic (exact) mass is 484 g/mol. The molecule has 0 radical (unpaired) electrons. The highest BCUT2D eigenvalue weighted by Gasteiger charge is 2.06. The van der Waals surface area contributed by atoms with Crippen molar-refractivity contribution in [3.63, 3.8) is 0 Å². The second-order valence-corrected chi connectivity index (χ2v) is 8.53. The Bertz CT molecular complexity index is 1240. The quantitative estimate of drug-likeness (QED) is 0.191. The van der Waals surface area contributed by atoms with Gasteiger partial charge in [-0.2, -0.15) is 5.10 Å². The molecule has 4 aromatic rings. The number of ether oxygens (including phenoxy) is 1. The molecule has 0 saturated carbocycles. The SMILES string of the molecule is O=C(CSc1nc2ccccc2[nH]1)N/N=C/c1cccc(OCc2ccc(Cl)c(Cl)c2)c1. The van der Waals surface area contributed by atoms with E-state index in [1.54, 1.807) is 18.3 Å². The van der Waals surface area contributed by atoms with Crippen LogP contribution in [0.15, 0.2) is 77.0 Å². The van der Waals surface area contributed by atoms with Crippen LogP contribution in [0.5, 0.6) is 5.75 Å². The minimum atomic E-state index is -0.223. The number of hydrazone groups is 1. The van der Waals surface area contributed by atoms with Crippen LogP contribution in [-0.4, -0.2) is 27.8 Å². The molecule has 6 nitrogen and oxygen atoms in total. The third kappa shape index (κ3) is 6.03. The topological polar surface area (TPSA) is 79.4 Å². The number of aromatic amines is 1. The maximum atomic E-state index is 12.1. The number of nitrogens with one attached hydrogen (secondary N) is 2. The first-order valence-electron chi connectivity index (χ1n) is 9.63. The van der Waals surface area contributed by atoms with E-state index in [1.807, 2.05) is 54.6 Å². The van der Waals surface area contributed by atoms with Gasteiger partial charge in [-0.05, 0) is 47.5 Å². The van der Waals surface area contributed by atoms with Crippen molar-refractivity contribution < 1.29 is 9.53 Å². The van der Waals surface area contributed by atoms with E-state index >= 15 is 0 Å². The van der Waals surface area contributed by atoms with Gasteiger partial charge in [0.05, 0.1) is 33.0 Å². The first kappa shape index (κ1) is 22.2. The Labute approximate surface area is 199 Å². The van der Waals surface area contributed by atoms with Crippen molar-refractivity contribution in [1.29, 1.82) is 0 Å². The second kappa shape index (κ2) is 10.5. The van der Waals surface area contributed by atoms with E-state index in [0.717, 1.165) is 22.2 Å². The molecule has 0 unspecified atom stereocenters. The minimum Gasteiger partial charge on any atom is -0.489 e. The molecule has 0 aliphatic heterocycles. The van der Waals surface area contributed by atoms with Gasteiger partial charge in [0.2, 0.25) is 0 Å². The van der Waals surface area contributed by atoms with Gasteiger partial charge in [-0.3, -0.25) is 4.79 Å². The molecule has 2 N–H and O–H groups in total. The summed E-state index contributed by atoms with van der Waals surface area (Å²) in [6, 6.07) is 20.5. The number of H-pyrrole nitrogens is 1. The van der Waals surface area contributed by atoms with Crippen LogP contribution in [0.25, 0.3) is 11.0 Å². The largest absolute Gasteiger partial charge is 0.489 e. The number of para-hydroxylation sites is 2. The van der Waals surface area contributed by atoms with Crippen LogP contribution in [0.3, 0.4) is 0 Å². The van der Waals surface area contributed by atoms with Crippen LogP contribution in [0.1, 0.15) is 11.1 Å². The summed E-state index contributed by atoms with van der Waals surface area (Å²) in [4.78, 5) is 19.7. The van der Waals surface area contributed by atoms with Gasteiger partial charge in [0.15, 0.2) is 5.16 Å². The summed E-state index contributed by atoms with van der Waals surface area (Å²) in [5.74, 6) is 0.648. The molecule has 162 valence electrons. The molecule has 3 aromatic carbocycles. The average molecular weight is 485 g/mol. The lowest BCUT2D eigenvalue weighted by molar-refractivity contribution is -0.118. The van der Waals surface area contributed by atoms with E-state index in [-0.39, 0.29) is 11.7 Å². The highest BCUT2D eigenvalue weighted by Crippen LogP contribution is 2.23. The summed E-state index contributed by atoms with van der Waals surface area (Å²) >= 11 is 13.3. The maximum absolute atomic E-state index is 12.1. The molecular formula is C23H18Cl2N4O2S. The van der Waals surface area contributed by atoms with Crippen molar-refractivity contribution in [3.05, 3.63) is 87.9 Å². The third-order valence-electron chi connectivity index (χ3n) is 4.36. The predicted molar refractivity (Wildman–Crippen MR) is 130 cm³/mol. The molecule has 0 atom stereocenters. The zero-order valence-corrected chi connectivity index (χ0v) is 19.0. The summed E-state index contributed by atoms with van der Waals surface area (Å²) in [6.07, 6.45) is 1.57. The second-order valence-electron chi connectivity index (χ2n) is 6.75. The molecule has 0 aliphatic rings. The lowest BCUT2D eigenvalue weighted by Gasteiger charge is -2.08. The number of carbonyl (C=O) groups is 1. The number of hydrogen-bond acceptors (Lipinski definition) is 5. The van der Waals surface area contributed by atoms with Crippen LogP contribution >= 0.6 is 35.0 Å². The molecule has 0 spiro atoms. The maximum Gasteiger partial charge on any atom is 0.250 e. The molecular weight excluding hydrogens is 467 g/mol. The first-order valence-corrected chi connectivity index (χ1v) is 11.4. The summed E-state index contributed by atoms with van der Waals surface area (Å²) in [7, 11) is 0. The van der Waals surface area contributed by atoms with E-state index in [1.165, 1.54) is 11.8 Å². The number of thioether (sulfide) groups is 1. The van der Waals surface area contributed by atoms with Crippen LogP contribution in [0.4, 0.5) is 0 Å². The number of nitrogens with zero attached hydrogens (tertiary/aromatic N) is 2. The lowest BCUT2D eigenvalue weighted by Crippen LogP contribution is -2.19. The molecule has 1 heterocycles. The van der Waals surface area contributed by atoms with E-state index < -0.39 is 0 Å². The molecule has 9 heteroatoms. The Morgan fingerprint density at radius 2 is 1.97 bits per heavy atom. The van der Waals surface area contributed by atoms with Crippen molar-refractivity contribution in [2.75, 3.05) is 5.75 Å². The Morgan fingerprint density at radius 1 is 1.09 bits per heavy atom. The summed E-state index contributed by atoms with van der Waals surface area (Å²) < 4.78 is 5.80. The van der Waals surface area contributed by atoms with E-state index in [9.17, 15) is 4.79 Å². The molecule has 0 aliphatic carbocycles. The number of fused-ring (bicyclic) bond motifs is 1. The minimum absolute atomic E-state index is 0.198. The highest BCUT2D eigenvalue weighted by atomic mass is 35.5. The van der Waals surface area contributed by atoms with Crippen molar-refractivity contribution in [3.8, 4) is 5.75 Å². The van der Waals surface area contributed by atoms with Crippen LogP contribution < -0.4 is 10.2 Å². The third-order valence-corrected chi connectivity index (χ3v) is 5.97. The number of halogens is 2. The van der Waals surface area contributed by atoms with Gasteiger partial charge in [-0.1, -0.05) is 65.3 Å². The number of carbonyl (C=O) groups excluding carboxylic acids is 1. The number of imidazole rings is 1. The number of amides is 1. The summed E-state index contributed by atoms with van der Waals surface area (Å²) in [5, 5.41) is 5.71. The van der Waals surface area contributed by atoms with Gasteiger partial charge < -0.3 is 9.72 Å². The number of hydrogen-bond donors (Lipinski definition) is 2. The average Bonchev–Trinajstić information content (AvgIpc) is 3.22. The molecule has 0 bridgehead atoms. The van der Waals surface area contributed by atoms with Gasteiger partial charge >= 0.3 is 0 Å². The van der Waals surface area contributed by atoms with Gasteiger partial charge in [-0.25, -0.2) is 10.4 Å². The zero-order chi connectivity index (χ0) is 22.3. The zero-order valence-electron chi connectivity index (χ0n) is 16.7. The Hall–Kier alpha value is -3.00. The van der Waals surface area contributed by atoms with Crippen molar-refractivity contribution in [2.45, 2.75) is 11.8 Å². The predicted octanol–water partition coefficient (Wildman–Crippen LogP) is 5.69. The van der Waals surface area contributed by atoms with E-state index in [4.69, 9.17) is 27.9 Å². The molecule has 0 saturated heterocycles. The Morgan fingerprint density at radius 3 is 2.81 bits per heavy atom. The Kier molecular flexibility index (Phi) is 7.32. The van der Waals surface area contributed by atoms with Crippen molar-refractivity contribution in [1.82, 2.24) is 15.4 Å². The lowest BCUT2D eigenvalue weighted by atomic mass is 10.2. The van der Waals surface area contributed by atoms with E-state index in [0.29, 0.717) is 27.6 Å². The fourth-order valence-electron chi connectivity index (χ4n) is 2.82. The first-order chi connectivity index (χ1) is 15.6. The van der Waals surface area contributed by atoms with Crippen LogP contribution in [-0.2, 0) is 11.4 Å². The summed E-state index contributed by atoms with van der Waals surface area (Å²) in [5.41, 5.74) is 6.04. The highest BCUT2D eigenvalue weighted by molar-refractivity contribution is 7.99. The summed E-state index contributed by atoms with van der Waals surface area (Å²) in [6.45, 7) is 0.354. The van der Waals surface area contributed by atoms with Gasteiger partial charge in [0.1, 0.15) is 12.4 Å². The van der Waals surface area contributed by atoms with E-state index in [2.05, 4.69) is 20.5 Å². The molecule has 1 amide bonds.